The van der Waals surface area contributed by atoms with Gasteiger partial charge in [0, 0.05) is 9.49 Å². The molecule has 4 fully saturated rings. The highest BCUT2D eigenvalue weighted by Gasteiger charge is 2.75. The van der Waals surface area contributed by atoms with E-state index in [-0.39, 0.29) is 0 Å². The molecule has 0 spiro atoms. The Morgan fingerprint density at radius 2 is 1.31 bits per heavy atom. The molecule has 0 radical (unpaired) electrons. The van der Waals surface area contributed by atoms with E-state index in [1.54, 1.807) is 0 Å². The van der Waals surface area contributed by atoms with E-state index in [0.29, 0.717) is 9.49 Å². The first-order valence-electron chi connectivity index (χ1n) is 5.71. The molecular weight excluding hydrogens is 176 g/mol. The van der Waals surface area contributed by atoms with E-state index in [4.69, 9.17) is 0 Å². The molecule has 6 unspecified atom stereocenters. The summed E-state index contributed by atoms with van der Waals surface area (Å²) in [6, 6.07) is 0. The van der Waals surface area contributed by atoms with Gasteiger partial charge in [0.25, 0.3) is 0 Å². The minimum atomic E-state index is 0.668. The molecular formula is C12H20S. The fourth-order valence-electron chi connectivity index (χ4n) is 4.47. The molecule has 1 heteroatoms. The lowest BCUT2D eigenvalue weighted by molar-refractivity contribution is 0.0167. The monoisotopic (exact) mass is 196 g/mol. The Kier molecular flexibility index (Phi) is 1.41. The Morgan fingerprint density at radius 3 is 1.69 bits per heavy atom. The van der Waals surface area contributed by atoms with Crippen molar-refractivity contribution in [2.24, 2.45) is 23.7 Å². The molecule has 3 aliphatic carbocycles. The van der Waals surface area contributed by atoms with Gasteiger partial charge in [-0.15, -0.1) is 11.8 Å². The predicted molar refractivity (Wildman–Crippen MR) is 58.9 cm³/mol. The standard InChI is InChI=1S/C12H20S/c1-7-8(2)10-6-5-9(7)11(3)12(10,4)13-11/h7-10H,5-6H2,1-4H3. The van der Waals surface area contributed by atoms with Gasteiger partial charge in [0.05, 0.1) is 0 Å². The molecule has 1 saturated heterocycles. The third-order valence-electron chi connectivity index (χ3n) is 5.67. The van der Waals surface area contributed by atoms with Crippen LogP contribution in [0.3, 0.4) is 0 Å². The van der Waals surface area contributed by atoms with Gasteiger partial charge in [-0.2, -0.15) is 0 Å². The fraction of sp³-hybridized carbons (Fsp3) is 1.00. The van der Waals surface area contributed by atoms with Crippen LogP contribution in [0, 0.1) is 23.7 Å². The van der Waals surface area contributed by atoms with Crippen LogP contribution in [-0.4, -0.2) is 9.49 Å². The summed E-state index contributed by atoms with van der Waals surface area (Å²) in [4.78, 5) is 0. The molecule has 0 amide bonds. The van der Waals surface area contributed by atoms with Gasteiger partial charge < -0.3 is 0 Å². The zero-order valence-corrected chi connectivity index (χ0v) is 9.95. The van der Waals surface area contributed by atoms with Gasteiger partial charge in [-0.25, -0.2) is 0 Å². The molecule has 13 heavy (non-hydrogen) atoms. The third kappa shape index (κ3) is 0.738. The first-order valence-corrected chi connectivity index (χ1v) is 6.52. The number of fused-ring (bicyclic) bond motifs is 2. The van der Waals surface area contributed by atoms with Gasteiger partial charge in [0.2, 0.25) is 0 Å². The fourth-order valence-corrected chi connectivity index (χ4v) is 6.57. The van der Waals surface area contributed by atoms with Crippen molar-refractivity contribution in [3.63, 3.8) is 0 Å². The first-order chi connectivity index (χ1) is 6.01. The van der Waals surface area contributed by atoms with Crippen LogP contribution >= 0.6 is 11.8 Å². The van der Waals surface area contributed by atoms with Crippen molar-refractivity contribution in [2.45, 2.75) is 50.0 Å². The quantitative estimate of drug-likeness (QED) is 0.534. The van der Waals surface area contributed by atoms with Crippen LogP contribution in [0.5, 0.6) is 0 Å². The molecule has 0 aromatic rings. The molecule has 0 nitrogen and oxygen atoms in total. The van der Waals surface area contributed by atoms with Crippen LogP contribution in [-0.2, 0) is 0 Å². The summed E-state index contributed by atoms with van der Waals surface area (Å²) >= 11 is 2.29. The lowest BCUT2D eigenvalue weighted by Gasteiger charge is -2.51. The zero-order valence-electron chi connectivity index (χ0n) is 9.13. The molecule has 74 valence electrons. The van der Waals surface area contributed by atoms with Crippen molar-refractivity contribution in [2.75, 3.05) is 0 Å². The molecule has 1 aliphatic heterocycles. The second-order valence-corrected chi connectivity index (χ2v) is 7.73. The van der Waals surface area contributed by atoms with E-state index in [1.807, 2.05) is 0 Å². The van der Waals surface area contributed by atoms with Gasteiger partial charge in [-0.1, -0.05) is 13.8 Å². The molecule has 4 rings (SSSR count). The summed E-state index contributed by atoms with van der Waals surface area (Å²) in [5.74, 6) is 3.99. The normalized spacial score (nSPS) is 69.2. The Balaban J connectivity index is 2.04. The van der Waals surface area contributed by atoms with Crippen molar-refractivity contribution < 1.29 is 0 Å². The maximum absolute atomic E-state index is 2.52. The number of rotatable bonds is 0. The minimum absolute atomic E-state index is 0.668. The van der Waals surface area contributed by atoms with E-state index in [2.05, 4.69) is 39.5 Å². The highest BCUT2D eigenvalue weighted by atomic mass is 32.2. The Bertz CT molecular complexity index is 236. The van der Waals surface area contributed by atoms with E-state index >= 15 is 0 Å². The molecule has 0 N–H and O–H groups in total. The average molecular weight is 196 g/mol. The SMILES string of the molecule is CC1C(C)C2CCC1C1(C)SC21C. The summed E-state index contributed by atoms with van der Waals surface area (Å²) in [5, 5.41) is 0. The molecule has 2 bridgehead atoms. The largest absolute Gasteiger partial charge is 0.145 e. The summed E-state index contributed by atoms with van der Waals surface area (Å²) < 4.78 is 1.34. The summed E-state index contributed by atoms with van der Waals surface area (Å²) in [6.07, 6.45) is 3.02. The summed E-state index contributed by atoms with van der Waals surface area (Å²) in [6.45, 7) is 10.0. The van der Waals surface area contributed by atoms with Gasteiger partial charge in [0.1, 0.15) is 0 Å². The van der Waals surface area contributed by atoms with Crippen LogP contribution in [0.25, 0.3) is 0 Å². The minimum Gasteiger partial charge on any atom is -0.145 e. The molecule has 3 saturated carbocycles. The van der Waals surface area contributed by atoms with Crippen LogP contribution in [0.4, 0.5) is 0 Å². The maximum Gasteiger partial charge on any atom is 0.0315 e. The van der Waals surface area contributed by atoms with Crippen molar-refractivity contribution in [3.8, 4) is 0 Å². The topological polar surface area (TPSA) is 0 Å². The van der Waals surface area contributed by atoms with E-state index in [1.165, 1.54) is 12.8 Å². The zero-order chi connectivity index (χ0) is 9.43. The first kappa shape index (κ1) is 8.64. The summed E-state index contributed by atoms with van der Waals surface area (Å²) in [7, 11) is 0. The Morgan fingerprint density at radius 1 is 0.923 bits per heavy atom. The van der Waals surface area contributed by atoms with Crippen LogP contribution < -0.4 is 0 Å². The van der Waals surface area contributed by atoms with Crippen LogP contribution in [0.15, 0.2) is 0 Å². The molecule has 0 aromatic heterocycles. The van der Waals surface area contributed by atoms with Gasteiger partial charge in [-0.05, 0) is 50.4 Å². The van der Waals surface area contributed by atoms with Gasteiger partial charge in [0.15, 0.2) is 0 Å². The van der Waals surface area contributed by atoms with E-state index in [9.17, 15) is 0 Å². The Hall–Kier alpha value is 0.350. The van der Waals surface area contributed by atoms with Crippen LogP contribution in [0.2, 0.25) is 0 Å². The molecule has 0 aromatic carbocycles. The van der Waals surface area contributed by atoms with Crippen molar-refractivity contribution in [1.82, 2.24) is 0 Å². The van der Waals surface area contributed by atoms with Crippen molar-refractivity contribution in [1.29, 1.82) is 0 Å². The molecule has 6 atom stereocenters. The predicted octanol–water partition coefficient (Wildman–Crippen LogP) is 3.56. The highest BCUT2D eigenvalue weighted by Crippen LogP contribution is 2.79. The maximum atomic E-state index is 2.52. The summed E-state index contributed by atoms with van der Waals surface area (Å²) in [5.41, 5.74) is 0. The number of thioether (sulfide) groups is 1. The van der Waals surface area contributed by atoms with Gasteiger partial charge >= 0.3 is 0 Å². The van der Waals surface area contributed by atoms with Crippen molar-refractivity contribution in [3.05, 3.63) is 0 Å². The second kappa shape index (κ2) is 2.13. The molecule has 4 aliphatic rings. The lowest BCUT2D eigenvalue weighted by atomic mass is 9.52. The second-order valence-electron chi connectivity index (χ2n) is 5.82. The Labute approximate surface area is 85.9 Å². The van der Waals surface area contributed by atoms with Crippen molar-refractivity contribution >= 4 is 11.8 Å². The van der Waals surface area contributed by atoms with E-state index < -0.39 is 0 Å². The van der Waals surface area contributed by atoms with Gasteiger partial charge in [-0.3, -0.25) is 0 Å². The average Bonchev–Trinajstić information content (AvgIpc) is 2.64. The lowest BCUT2D eigenvalue weighted by Crippen LogP contribution is -2.52. The van der Waals surface area contributed by atoms with E-state index in [0.717, 1.165) is 23.7 Å². The number of hydrogen-bond donors (Lipinski definition) is 0. The number of hydrogen-bond acceptors (Lipinski definition) is 1. The molecule has 1 heterocycles. The highest BCUT2D eigenvalue weighted by molar-refractivity contribution is 8.09. The third-order valence-corrected chi connectivity index (χ3v) is 7.77. The smallest absolute Gasteiger partial charge is 0.0315 e. The van der Waals surface area contributed by atoms with Crippen LogP contribution in [0.1, 0.15) is 40.5 Å².